The van der Waals surface area contributed by atoms with Crippen molar-refractivity contribution in [3.63, 3.8) is 0 Å². The maximum Gasteiger partial charge on any atom is 0.407 e. The maximum atomic E-state index is 11.9. The minimum Gasteiger partial charge on any atom is -0.444 e. The predicted molar refractivity (Wildman–Crippen MR) is 209 cm³/mol. The van der Waals surface area contributed by atoms with E-state index in [1.165, 1.54) is 16.8 Å². The average molecular weight is 700 g/mol. The highest BCUT2D eigenvalue weighted by Crippen LogP contribution is 2.21. The number of rotatable bonds is 13. The lowest BCUT2D eigenvalue weighted by Gasteiger charge is -2.42. The molecule has 51 heavy (non-hydrogen) atoms. The van der Waals surface area contributed by atoms with Crippen LogP contribution in [-0.4, -0.2) is 82.7 Å². The Morgan fingerprint density at radius 3 is 2.37 bits per heavy atom. The number of Topliss-reactive ketones (excluding diaryl/α,β-unsaturated/α-hetero) is 1. The number of morpholine rings is 1. The number of benzene rings is 1. The third-order valence-corrected chi connectivity index (χ3v) is 8.59. The van der Waals surface area contributed by atoms with E-state index in [-0.39, 0.29) is 12.1 Å². The van der Waals surface area contributed by atoms with E-state index in [1.54, 1.807) is 6.08 Å². The van der Waals surface area contributed by atoms with Gasteiger partial charge < -0.3 is 29.6 Å². The number of alkyl carbamates (subject to hydrolysis) is 1. The number of amides is 1. The molecule has 1 amide bonds. The number of allylic oxidation sites excluding steroid dienone is 6. The number of H-pyrrole nitrogens is 1. The van der Waals surface area contributed by atoms with E-state index in [2.05, 4.69) is 103 Å². The fraction of sp³-hybridized carbons (Fsp3) is 0.500. The van der Waals surface area contributed by atoms with E-state index in [0.717, 1.165) is 86.4 Å². The fourth-order valence-corrected chi connectivity index (χ4v) is 5.67. The quantitative estimate of drug-likeness (QED) is 0.218. The number of aromatic amines is 1. The standard InChI is InChI=1S/C23H38N2O3.C19H23N3O/c1-7-9-10-13-20(15-18(3)12-11-14-21(26)8-2)25-16-19(17-25)24-22(27)28-23(4,5)6;1-4-5-17-18(15(3)22-10-12-23-13-11-22)21-19(20-17)16-8-6-14(2)7-9-16/h9-10,13,15,19H,7-8,11-12,14,16-17H2,1-6H3,(H,24,27);4-9H,1,10-13H2,2-3H3,(H,20,21)/b10-9+,18-15+,20-13+;17-5+,18-15-. The van der Waals surface area contributed by atoms with Crippen LogP contribution in [0.25, 0.3) is 23.2 Å². The van der Waals surface area contributed by atoms with Gasteiger partial charge in [0.25, 0.3) is 0 Å². The van der Waals surface area contributed by atoms with Gasteiger partial charge in [-0.3, -0.25) is 4.79 Å². The van der Waals surface area contributed by atoms with E-state index in [1.807, 2.05) is 33.8 Å². The highest BCUT2D eigenvalue weighted by atomic mass is 16.6. The molecular formula is C42H61N5O4. The first-order valence-electron chi connectivity index (χ1n) is 18.4. The Morgan fingerprint density at radius 1 is 1.08 bits per heavy atom. The number of carbonyl (C=O) groups excluding carboxylic acids is 2. The second-order valence-corrected chi connectivity index (χ2v) is 14.2. The van der Waals surface area contributed by atoms with Crippen LogP contribution >= 0.6 is 0 Å². The summed E-state index contributed by atoms with van der Waals surface area (Å²) in [6, 6.07) is 8.50. The number of hydrogen-bond acceptors (Lipinski definition) is 7. The smallest absolute Gasteiger partial charge is 0.407 e. The van der Waals surface area contributed by atoms with Gasteiger partial charge in [0.05, 0.1) is 24.6 Å². The highest BCUT2D eigenvalue weighted by molar-refractivity contribution is 5.77. The second-order valence-electron chi connectivity index (χ2n) is 14.2. The summed E-state index contributed by atoms with van der Waals surface area (Å²) >= 11 is 0. The summed E-state index contributed by atoms with van der Waals surface area (Å²) in [6.07, 6.45) is 16.0. The summed E-state index contributed by atoms with van der Waals surface area (Å²) in [5.41, 5.74) is 5.44. The number of ether oxygens (including phenoxy) is 2. The van der Waals surface area contributed by atoms with Crippen LogP contribution in [0.5, 0.6) is 0 Å². The molecule has 2 aliphatic rings. The summed E-state index contributed by atoms with van der Waals surface area (Å²) < 4.78 is 10.8. The van der Waals surface area contributed by atoms with Crippen molar-refractivity contribution in [2.45, 2.75) is 99.1 Å². The van der Waals surface area contributed by atoms with Gasteiger partial charge in [-0.2, -0.15) is 0 Å². The number of carbonyl (C=O) groups is 2. The average Bonchev–Trinajstić information content (AvgIpc) is 3.49. The molecular weight excluding hydrogens is 638 g/mol. The van der Waals surface area contributed by atoms with Crippen molar-refractivity contribution in [1.82, 2.24) is 25.1 Å². The van der Waals surface area contributed by atoms with Gasteiger partial charge in [0, 0.05) is 56.0 Å². The Morgan fingerprint density at radius 2 is 1.76 bits per heavy atom. The van der Waals surface area contributed by atoms with Crippen molar-refractivity contribution in [2.24, 2.45) is 0 Å². The van der Waals surface area contributed by atoms with Crippen molar-refractivity contribution in [2.75, 3.05) is 39.4 Å². The van der Waals surface area contributed by atoms with Crippen LogP contribution in [0.15, 0.2) is 72.5 Å². The molecule has 9 nitrogen and oxygen atoms in total. The topological polar surface area (TPSA) is 99.8 Å². The van der Waals surface area contributed by atoms with Crippen LogP contribution in [0.2, 0.25) is 0 Å². The van der Waals surface area contributed by atoms with Gasteiger partial charge in [-0.1, -0.05) is 74.1 Å². The van der Waals surface area contributed by atoms with Crippen LogP contribution < -0.4 is 16.0 Å². The maximum absolute atomic E-state index is 11.9. The Balaban J connectivity index is 0.000000280. The SMILES string of the molecule is C=C/C=c1/[nH]c(-c2ccc(C)cc2)n/c1=C(/C)N1CCOCC1.CC/C=C/C=C(\C=C(/C)CCCC(=O)CC)N1CC(NC(=O)OC(C)(C)C)C1. The summed E-state index contributed by atoms with van der Waals surface area (Å²) in [5.74, 6) is 1.22. The third kappa shape index (κ3) is 14.0. The zero-order valence-corrected chi connectivity index (χ0v) is 32.3. The first-order chi connectivity index (χ1) is 24.3. The van der Waals surface area contributed by atoms with Gasteiger partial charge >= 0.3 is 6.09 Å². The molecule has 0 bridgehead atoms. The van der Waals surface area contributed by atoms with Gasteiger partial charge in [0.1, 0.15) is 22.6 Å². The van der Waals surface area contributed by atoms with Gasteiger partial charge in [-0.05, 0) is 79.0 Å². The molecule has 0 radical (unpaired) electrons. The molecule has 2 aliphatic heterocycles. The van der Waals surface area contributed by atoms with Gasteiger partial charge in [0.2, 0.25) is 0 Å². The molecule has 1 aromatic heterocycles. The van der Waals surface area contributed by atoms with Gasteiger partial charge in [-0.25, -0.2) is 9.78 Å². The number of nitrogens with zero attached hydrogens (tertiary/aromatic N) is 3. The van der Waals surface area contributed by atoms with Crippen molar-refractivity contribution in [3.05, 3.63) is 88.8 Å². The van der Waals surface area contributed by atoms with Crippen LogP contribution in [0.3, 0.4) is 0 Å². The van der Waals surface area contributed by atoms with Crippen molar-refractivity contribution >= 4 is 23.6 Å². The van der Waals surface area contributed by atoms with E-state index < -0.39 is 5.60 Å². The number of nitrogens with one attached hydrogen (secondary N) is 2. The molecule has 2 N–H and O–H groups in total. The Bertz CT molecular complexity index is 1650. The third-order valence-electron chi connectivity index (χ3n) is 8.59. The summed E-state index contributed by atoms with van der Waals surface area (Å²) in [6.45, 7) is 24.7. The largest absolute Gasteiger partial charge is 0.444 e. The first kappa shape index (κ1) is 41.1. The zero-order chi connectivity index (χ0) is 37.4. The molecule has 0 unspecified atom stereocenters. The minimum absolute atomic E-state index is 0.101. The van der Waals surface area contributed by atoms with Crippen LogP contribution in [0.4, 0.5) is 4.79 Å². The van der Waals surface area contributed by atoms with E-state index in [4.69, 9.17) is 14.5 Å². The Kier molecular flexibility index (Phi) is 16.5. The number of hydrogen-bond donors (Lipinski definition) is 2. The lowest BCUT2D eigenvalue weighted by Crippen LogP contribution is -2.58. The van der Waals surface area contributed by atoms with Crippen LogP contribution in [-0.2, 0) is 14.3 Å². The molecule has 1 aromatic carbocycles. The summed E-state index contributed by atoms with van der Waals surface area (Å²) in [5, 5.41) is 4.91. The van der Waals surface area contributed by atoms with E-state index in [9.17, 15) is 9.59 Å². The molecule has 0 spiro atoms. The fourth-order valence-electron chi connectivity index (χ4n) is 5.67. The second kappa shape index (κ2) is 20.5. The molecule has 2 aromatic rings. The van der Waals surface area contributed by atoms with Crippen molar-refractivity contribution in [1.29, 1.82) is 0 Å². The van der Waals surface area contributed by atoms with E-state index >= 15 is 0 Å². The highest BCUT2D eigenvalue weighted by Gasteiger charge is 2.30. The number of aryl methyl sites for hydroxylation is 1. The molecule has 0 aliphatic carbocycles. The molecule has 278 valence electrons. The molecule has 3 heterocycles. The zero-order valence-electron chi connectivity index (χ0n) is 32.3. The lowest BCUT2D eigenvalue weighted by atomic mass is 10.0. The summed E-state index contributed by atoms with van der Waals surface area (Å²) in [7, 11) is 0. The number of imidazole rings is 1. The van der Waals surface area contributed by atoms with Gasteiger partial charge in [0.15, 0.2) is 0 Å². The van der Waals surface area contributed by atoms with Gasteiger partial charge in [-0.15, -0.1) is 0 Å². The number of likely N-dealkylation sites (tertiary alicyclic amines) is 1. The molecule has 9 heteroatoms. The van der Waals surface area contributed by atoms with Crippen LogP contribution in [0.1, 0.15) is 86.1 Å². The number of aromatic nitrogens is 2. The van der Waals surface area contributed by atoms with E-state index in [0.29, 0.717) is 18.6 Å². The monoisotopic (exact) mass is 699 g/mol. The predicted octanol–water partition coefficient (Wildman–Crippen LogP) is 6.95. The van der Waals surface area contributed by atoms with Crippen molar-refractivity contribution < 1.29 is 19.1 Å². The van der Waals surface area contributed by atoms with Crippen molar-refractivity contribution in [3.8, 4) is 11.4 Å². The van der Waals surface area contributed by atoms with Crippen LogP contribution in [0, 0.1) is 6.92 Å². The minimum atomic E-state index is -0.484. The normalized spacial score (nSPS) is 16.7. The summed E-state index contributed by atoms with van der Waals surface area (Å²) in [4.78, 5) is 36.2. The Hall–Kier alpha value is -4.37. The first-order valence-corrected chi connectivity index (χ1v) is 18.4. The number of ketones is 1. The Labute approximate surface area is 305 Å². The lowest BCUT2D eigenvalue weighted by molar-refractivity contribution is -0.118. The molecule has 0 saturated carbocycles. The molecule has 4 rings (SSSR count). The molecule has 0 atom stereocenters. The molecule has 2 saturated heterocycles. The molecule has 2 fully saturated rings.